The second-order valence-electron chi connectivity index (χ2n) is 11.6. The van der Waals surface area contributed by atoms with Crippen LogP contribution in [-0.2, 0) is 31.1 Å². The van der Waals surface area contributed by atoms with Crippen molar-refractivity contribution in [2.75, 3.05) is 18.1 Å². The predicted molar refractivity (Wildman–Crippen MR) is 154 cm³/mol. The summed E-state index contributed by atoms with van der Waals surface area (Å²) in [6.07, 6.45) is 6.54. The first-order chi connectivity index (χ1) is 18.1. The molecule has 2 atom stereocenters. The highest BCUT2D eigenvalue weighted by atomic mass is 28.3. The molecule has 1 spiro atoms. The monoisotopic (exact) mass is 532 g/mol. The van der Waals surface area contributed by atoms with Crippen LogP contribution in [0.2, 0.25) is 25.7 Å². The minimum atomic E-state index is -1.13. The van der Waals surface area contributed by atoms with Crippen molar-refractivity contribution in [3.63, 3.8) is 0 Å². The van der Waals surface area contributed by atoms with E-state index in [0.29, 0.717) is 26.2 Å². The molecule has 38 heavy (non-hydrogen) atoms. The average Bonchev–Trinajstić information content (AvgIpc) is 3.30. The van der Waals surface area contributed by atoms with Crippen molar-refractivity contribution in [1.82, 2.24) is 4.90 Å². The van der Waals surface area contributed by atoms with E-state index < -0.39 is 19.5 Å². The molecule has 0 aromatic heterocycles. The van der Waals surface area contributed by atoms with E-state index in [1.54, 1.807) is 4.90 Å². The van der Waals surface area contributed by atoms with E-state index in [9.17, 15) is 14.4 Å². The van der Waals surface area contributed by atoms with Crippen molar-refractivity contribution < 1.29 is 19.1 Å². The number of rotatable bonds is 11. The lowest BCUT2D eigenvalue weighted by Gasteiger charge is -2.33. The van der Waals surface area contributed by atoms with Crippen LogP contribution in [0.4, 0.5) is 5.69 Å². The molecule has 1 saturated heterocycles. The summed E-state index contributed by atoms with van der Waals surface area (Å²) >= 11 is 0. The van der Waals surface area contributed by atoms with E-state index in [0.717, 1.165) is 35.7 Å². The highest BCUT2D eigenvalue weighted by Gasteiger charge is 2.63. The van der Waals surface area contributed by atoms with Gasteiger partial charge in [-0.05, 0) is 42.5 Å². The molecule has 0 radical (unpaired) electrons. The van der Waals surface area contributed by atoms with Crippen LogP contribution in [0.25, 0.3) is 0 Å². The van der Waals surface area contributed by atoms with E-state index >= 15 is 0 Å². The molecule has 0 unspecified atom stereocenters. The zero-order valence-electron chi connectivity index (χ0n) is 23.1. The van der Waals surface area contributed by atoms with Gasteiger partial charge in [0.1, 0.15) is 5.41 Å². The normalized spacial score (nSPS) is 21.2. The highest BCUT2D eigenvalue weighted by molar-refractivity contribution is 6.76. The lowest BCUT2D eigenvalue weighted by atomic mass is 9.74. The summed E-state index contributed by atoms with van der Waals surface area (Å²) in [5.74, 6) is -0.469. The van der Waals surface area contributed by atoms with Crippen molar-refractivity contribution in [1.29, 1.82) is 0 Å². The maximum Gasteiger partial charge on any atom is 0.242 e. The molecule has 7 heteroatoms. The van der Waals surface area contributed by atoms with Gasteiger partial charge >= 0.3 is 0 Å². The molecule has 2 aromatic carbocycles. The molecule has 3 amide bonds. The Hall–Kier alpha value is -3.03. The standard InChI is InChI=1S/C31H40N2O4Si/c1-24(34)33-27-17-11-10-16-26(27)31(28(33)18-20-37-23-25-14-8-7-9-15-25)22-29(35)32(30(31)36)19-12-5-6-13-21-38(2,3)4/h6-11,13-17,28H,5,12,18-23H2,1-4H3/b13-6-/t28-,31+/m1/s1. The summed E-state index contributed by atoms with van der Waals surface area (Å²) in [6.45, 7) is 9.78. The minimum Gasteiger partial charge on any atom is -0.377 e. The lowest BCUT2D eigenvalue weighted by Crippen LogP contribution is -2.51. The summed E-state index contributed by atoms with van der Waals surface area (Å²) in [7, 11) is -1.13. The summed E-state index contributed by atoms with van der Waals surface area (Å²) in [6, 6.07) is 18.1. The maximum absolute atomic E-state index is 14.1. The van der Waals surface area contributed by atoms with Crippen LogP contribution >= 0.6 is 0 Å². The number of unbranched alkanes of at least 4 members (excludes halogenated alkanes) is 1. The Labute approximate surface area is 227 Å². The van der Waals surface area contributed by atoms with E-state index in [-0.39, 0.29) is 24.1 Å². The predicted octanol–water partition coefficient (Wildman–Crippen LogP) is 5.70. The average molecular weight is 533 g/mol. The Kier molecular flexibility index (Phi) is 8.68. The van der Waals surface area contributed by atoms with Crippen molar-refractivity contribution >= 4 is 31.5 Å². The first kappa shape index (κ1) is 28.0. The number of likely N-dealkylation sites (tertiary alicyclic amines) is 1. The van der Waals surface area contributed by atoms with Crippen LogP contribution in [0.5, 0.6) is 0 Å². The number of carbonyl (C=O) groups excluding carboxylic acids is 3. The maximum atomic E-state index is 14.1. The first-order valence-corrected chi connectivity index (χ1v) is 17.4. The largest absolute Gasteiger partial charge is 0.377 e. The quantitative estimate of drug-likeness (QED) is 0.161. The zero-order chi connectivity index (χ0) is 27.3. The van der Waals surface area contributed by atoms with Gasteiger partial charge in [-0.1, -0.05) is 80.3 Å². The Morgan fingerprint density at radius 1 is 1.05 bits per heavy atom. The molecule has 202 valence electrons. The number of carbonyl (C=O) groups is 3. The van der Waals surface area contributed by atoms with Crippen LogP contribution in [0.1, 0.15) is 43.7 Å². The zero-order valence-corrected chi connectivity index (χ0v) is 24.1. The van der Waals surface area contributed by atoms with Gasteiger partial charge in [-0.2, -0.15) is 0 Å². The molecule has 4 rings (SSSR count). The number of fused-ring (bicyclic) bond motifs is 2. The van der Waals surface area contributed by atoms with Crippen molar-refractivity contribution in [2.45, 2.75) is 76.4 Å². The number of hydrogen-bond donors (Lipinski definition) is 0. The molecule has 2 aliphatic rings. The molecule has 2 heterocycles. The number of hydrogen-bond acceptors (Lipinski definition) is 4. The van der Waals surface area contributed by atoms with Gasteiger partial charge < -0.3 is 9.64 Å². The SMILES string of the molecule is CC(=O)N1c2ccccc2[C@@]2(CC(=O)N(CCC/C=C\C[Si](C)(C)C)C2=O)[C@H]1CCOCc1ccccc1. The van der Waals surface area contributed by atoms with Crippen LogP contribution in [0.3, 0.4) is 0 Å². The van der Waals surface area contributed by atoms with Crippen LogP contribution in [-0.4, -0.2) is 49.9 Å². The fraction of sp³-hybridized carbons (Fsp3) is 0.452. The second-order valence-corrected chi connectivity index (χ2v) is 17.2. The summed E-state index contributed by atoms with van der Waals surface area (Å²) in [5, 5.41) is 0. The number of ether oxygens (including phenoxy) is 1. The molecule has 2 aliphatic heterocycles. The Balaban J connectivity index is 1.51. The van der Waals surface area contributed by atoms with Gasteiger partial charge in [-0.15, -0.1) is 0 Å². The number of anilines is 1. The van der Waals surface area contributed by atoms with Crippen molar-refractivity contribution in [3.8, 4) is 0 Å². The third-order valence-corrected chi connectivity index (χ3v) is 8.98. The third-order valence-electron chi connectivity index (χ3n) is 7.52. The molecular weight excluding hydrogens is 492 g/mol. The molecule has 2 aromatic rings. The molecule has 0 saturated carbocycles. The number of nitrogens with zero attached hydrogens (tertiary/aromatic N) is 2. The third kappa shape index (κ3) is 5.84. The van der Waals surface area contributed by atoms with E-state index in [1.807, 2.05) is 54.6 Å². The van der Waals surface area contributed by atoms with Crippen LogP contribution in [0, 0.1) is 0 Å². The fourth-order valence-corrected chi connectivity index (χ4v) is 6.61. The van der Waals surface area contributed by atoms with Gasteiger partial charge in [0.05, 0.1) is 12.6 Å². The van der Waals surface area contributed by atoms with Crippen LogP contribution in [0.15, 0.2) is 66.7 Å². The second kappa shape index (κ2) is 11.8. The van der Waals surface area contributed by atoms with E-state index in [1.165, 1.54) is 11.8 Å². The van der Waals surface area contributed by atoms with Gasteiger partial charge in [-0.25, -0.2) is 0 Å². The number of benzene rings is 2. The Bertz CT molecular complexity index is 1190. The molecule has 1 fully saturated rings. The Morgan fingerprint density at radius 3 is 2.47 bits per heavy atom. The van der Waals surface area contributed by atoms with Gasteiger partial charge in [0, 0.05) is 40.3 Å². The highest BCUT2D eigenvalue weighted by Crippen LogP contribution is 2.52. The number of para-hydroxylation sites is 1. The first-order valence-electron chi connectivity index (χ1n) is 13.7. The topological polar surface area (TPSA) is 66.9 Å². The summed E-state index contributed by atoms with van der Waals surface area (Å²) in [4.78, 5) is 43.5. The van der Waals surface area contributed by atoms with Gasteiger partial charge in [0.25, 0.3) is 0 Å². The molecule has 6 nitrogen and oxygen atoms in total. The lowest BCUT2D eigenvalue weighted by molar-refractivity contribution is -0.140. The molecule has 0 bridgehead atoms. The van der Waals surface area contributed by atoms with E-state index in [2.05, 4.69) is 31.8 Å². The minimum absolute atomic E-state index is 0.0848. The Morgan fingerprint density at radius 2 is 1.76 bits per heavy atom. The number of allylic oxidation sites excluding steroid dienone is 2. The molecule has 0 N–H and O–H groups in total. The van der Waals surface area contributed by atoms with Crippen molar-refractivity contribution in [3.05, 3.63) is 77.9 Å². The van der Waals surface area contributed by atoms with Gasteiger partial charge in [-0.3, -0.25) is 19.3 Å². The van der Waals surface area contributed by atoms with Gasteiger partial charge in [0.2, 0.25) is 17.7 Å². The number of imide groups is 1. The molecule has 0 aliphatic carbocycles. The van der Waals surface area contributed by atoms with Crippen LogP contribution < -0.4 is 4.90 Å². The molecular formula is C31H40N2O4Si. The number of amides is 3. The van der Waals surface area contributed by atoms with Gasteiger partial charge in [0.15, 0.2) is 0 Å². The van der Waals surface area contributed by atoms with Crippen molar-refractivity contribution in [2.24, 2.45) is 0 Å². The summed E-state index contributed by atoms with van der Waals surface area (Å²) in [5.41, 5.74) is 1.50. The smallest absolute Gasteiger partial charge is 0.242 e. The van der Waals surface area contributed by atoms with E-state index in [4.69, 9.17) is 4.74 Å². The summed E-state index contributed by atoms with van der Waals surface area (Å²) < 4.78 is 5.97. The fourth-order valence-electron chi connectivity index (χ4n) is 5.74.